The van der Waals surface area contributed by atoms with Crippen LogP contribution in [0.5, 0.6) is 0 Å². The first-order valence-corrected chi connectivity index (χ1v) is 13.6. The molecule has 1 aromatic heterocycles. The van der Waals surface area contributed by atoms with Crippen LogP contribution in [0.15, 0.2) is 156 Å². The van der Waals surface area contributed by atoms with Gasteiger partial charge in [0.2, 0.25) is 0 Å². The molecule has 0 amide bonds. The van der Waals surface area contributed by atoms with Crippen molar-refractivity contribution in [3.8, 4) is 11.1 Å². The van der Waals surface area contributed by atoms with Crippen LogP contribution in [0.4, 0.5) is 17.1 Å². The third-order valence-electron chi connectivity index (χ3n) is 7.83. The molecule has 7 aromatic carbocycles. The highest BCUT2D eigenvalue weighted by Gasteiger charge is 2.16. The normalized spacial score (nSPS) is 11.5. The Morgan fingerprint density at radius 2 is 1.02 bits per heavy atom. The Balaban J connectivity index is 1.26. The molecule has 0 radical (unpaired) electrons. The van der Waals surface area contributed by atoms with Crippen molar-refractivity contribution in [1.29, 1.82) is 0 Å². The molecule has 0 saturated carbocycles. The fourth-order valence-electron chi connectivity index (χ4n) is 5.83. The van der Waals surface area contributed by atoms with Gasteiger partial charge in [-0.15, -0.1) is 0 Å². The Morgan fingerprint density at radius 3 is 1.90 bits per heavy atom. The van der Waals surface area contributed by atoms with Crippen LogP contribution in [0.3, 0.4) is 0 Å². The van der Waals surface area contributed by atoms with Crippen molar-refractivity contribution in [2.24, 2.45) is 0 Å². The molecule has 0 unspecified atom stereocenters. The molecule has 0 saturated heterocycles. The quantitative estimate of drug-likeness (QED) is 0.234. The van der Waals surface area contributed by atoms with Crippen molar-refractivity contribution in [1.82, 2.24) is 0 Å². The van der Waals surface area contributed by atoms with Gasteiger partial charge in [-0.3, -0.25) is 0 Å². The number of rotatable bonds is 4. The molecule has 1 heterocycles. The van der Waals surface area contributed by atoms with Crippen LogP contribution in [0.25, 0.3) is 54.6 Å². The lowest BCUT2D eigenvalue weighted by molar-refractivity contribution is 0.672. The van der Waals surface area contributed by atoms with Gasteiger partial charge < -0.3 is 9.32 Å². The number of furan rings is 1. The second-order valence-corrected chi connectivity index (χ2v) is 10.2. The van der Waals surface area contributed by atoms with Crippen molar-refractivity contribution in [3.05, 3.63) is 152 Å². The molecule has 2 heteroatoms. The number of para-hydroxylation sites is 2. The average Bonchev–Trinajstić information content (AvgIpc) is 3.41. The first kappa shape index (κ1) is 22.6. The SMILES string of the molecule is c1ccc(N(c2ccc(-c3ccc4ccccc4c3)cc2)c2ccc3ccc4c5ccccc5oc4c3c2)cc1. The minimum atomic E-state index is 0.916. The lowest BCUT2D eigenvalue weighted by atomic mass is 10.0. The van der Waals surface area contributed by atoms with Crippen molar-refractivity contribution in [2.75, 3.05) is 4.90 Å². The molecule has 0 N–H and O–H groups in total. The molecule has 0 aliphatic carbocycles. The van der Waals surface area contributed by atoms with Crippen molar-refractivity contribution in [2.45, 2.75) is 0 Å². The van der Waals surface area contributed by atoms with E-state index < -0.39 is 0 Å². The first-order valence-electron chi connectivity index (χ1n) is 13.6. The summed E-state index contributed by atoms with van der Waals surface area (Å²) < 4.78 is 6.39. The highest BCUT2D eigenvalue weighted by Crippen LogP contribution is 2.40. The summed E-state index contributed by atoms with van der Waals surface area (Å²) in [5, 5.41) is 7.08. The molecule has 188 valence electrons. The number of hydrogen-bond acceptors (Lipinski definition) is 2. The zero-order chi connectivity index (χ0) is 26.5. The Morgan fingerprint density at radius 1 is 0.375 bits per heavy atom. The van der Waals surface area contributed by atoms with Gasteiger partial charge in [0.1, 0.15) is 11.2 Å². The molecular weight excluding hydrogens is 486 g/mol. The minimum Gasteiger partial charge on any atom is -0.455 e. The second kappa shape index (κ2) is 9.14. The minimum absolute atomic E-state index is 0.916. The van der Waals surface area contributed by atoms with E-state index in [0.717, 1.165) is 49.8 Å². The predicted molar refractivity (Wildman–Crippen MR) is 169 cm³/mol. The number of fused-ring (bicyclic) bond motifs is 6. The molecule has 0 aliphatic rings. The van der Waals surface area contributed by atoms with Gasteiger partial charge in [-0.05, 0) is 81.9 Å². The van der Waals surface area contributed by atoms with E-state index in [1.165, 1.54) is 21.9 Å². The predicted octanol–water partition coefficient (Wildman–Crippen LogP) is 11.0. The van der Waals surface area contributed by atoms with E-state index in [1.54, 1.807) is 0 Å². The Bertz CT molecular complexity index is 2160. The molecule has 2 nitrogen and oxygen atoms in total. The third-order valence-corrected chi connectivity index (χ3v) is 7.83. The molecule has 8 rings (SSSR count). The van der Waals surface area contributed by atoms with Crippen LogP contribution in [0, 0.1) is 0 Å². The molecule has 40 heavy (non-hydrogen) atoms. The summed E-state index contributed by atoms with van der Waals surface area (Å²) in [6.07, 6.45) is 0. The number of hydrogen-bond donors (Lipinski definition) is 0. The smallest absolute Gasteiger partial charge is 0.143 e. The topological polar surface area (TPSA) is 16.4 Å². The number of anilines is 3. The molecule has 0 atom stereocenters. The Kier molecular flexibility index (Phi) is 5.17. The largest absolute Gasteiger partial charge is 0.455 e. The summed E-state index contributed by atoms with van der Waals surface area (Å²) in [4.78, 5) is 2.31. The standard InChI is InChI=1S/C38H25NO/c1-2-10-31(11-3-1)39(32-20-16-27(17-21-32)30-15-14-26-8-4-5-9-29(26)24-30)33-22-18-28-19-23-35-34-12-6-7-13-37(34)40-38(35)36(28)25-33/h1-25H. The van der Waals surface area contributed by atoms with Crippen LogP contribution in [0.1, 0.15) is 0 Å². The maximum absolute atomic E-state index is 6.39. The zero-order valence-electron chi connectivity index (χ0n) is 21.8. The number of benzene rings is 7. The van der Waals surface area contributed by atoms with E-state index in [2.05, 4.69) is 144 Å². The maximum atomic E-state index is 6.39. The highest BCUT2D eigenvalue weighted by atomic mass is 16.3. The Hall–Kier alpha value is -5.34. The van der Waals surface area contributed by atoms with Gasteiger partial charge in [0.15, 0.2) is 0 Å². The molecule has 0 fully saturated rings. The van der Waals surface area contributed by atoms with Gasteiger partial charge in [-0.2, -0.15) is 0 Å². The van der Waals surface area contributed by atoms with E-state index >= 15 is 0 Å². The summed E-state index contributed by atoms with van der Waals surface area (Å²) in [6.45, 7) is 0. The van der Waals surface area contributed by atoms with Crippen LogP contribution >= 0.6 is 0 Å². The fourth-order valence-corrected chi connectivity index (χ4v) is 5.83. The van der Waals surface area contributed by atoms with Gasteiger partial charge in [-0.1, -0.05) is 97.1 Å². The monoisotopic (exact) mass is 511 g/mol. The lowest BCUT2D eigenvalue weighted by Crippen LogP contribution is -2.09. The second-order valence-electron chi connectivity index (χ2n) is 10.2. The van der Waals surface area contributed by atoms with Gasteiger partial charge in [0.05, 0.1) is 0 Å². The van der Waals surface area contributed by atoms with Crippen LogP contribution in [-0.2, 0) is 0 Å². The molecule has 8 aromatic rings. The lowest BCUT2D eigenvalue weighted by Gasteiger charge is -2.26. The van der Waals surface area contributed by atoms with E-state index in [9.17, 15) is 0 Å². The molecule has 0 bridgehead atoms. The van der Waals surface area contributed by atoms with Crippen LogP contribution in [0.2, 0.25) is 0 Å². The summed E-state index contributed by atoms with van der Waals surface area (Å²) in [5.41, 5.74) is 7.56. The third kappa shape index (κ3) is 3.73. The fraction of sp³-hybridized carbons (Fsp3) is 0. The van der Waals surface area contributed by atoms with Gasteiger partial charge in [-0.25, -0.2) is 0 Å². The average molecular weight is 512 g/mol. The summed E-state index contributed by atoms with van der Waals surface area (Å²) in [5.74, 6) is 0. The van der Waals surface area contributed by atoms with Gasteiger partial charge in [0, 0.05) is 33.2 Å². The van der Waals surface area contributed by atoms with Gasteiger partial charge >= 0.3 is 0 Å². The first-order chi connectivity index (χ1) is 19.8. The Labute approximate surface area is 232 Å². The molecular formula is C38H25NO. The number of nitrogens with zero attached hydrogens (tertiary/aromatic N) is 1. The summed E-state index contributed by atoms with van der Waals surface area (Å²) in [7, 11) is 0. The van der Waals surface area contributed by atoms with E-state index in [-0.39, 0.29) is 0 Å². The van der Waals surface area contributed by atoms with Crippen LogP contribution < -0.4 is 4.90 Å². The summed E-state index contributed by atoms with van der Waals surface area (Å²) >= 11 is 0. The highest BCUT2D eigenvalue weighted by molar-refractivity contribution is 6.15. The summed E-state index contributed by atoms with van der Waals surface area (Å²) in [6, 6.07) is 53.8. The zero-order valence-corrected chi connectivity index (χ0v) is 21.8. The van der Waals surface area contributed by atoms with E-state index in [1.807, 2.05) is 12.1 Å². The maximum Gasteiger partial charge on any atom is 0.143 e. The van der Waals surface area contributed by atoms with E-state index in [0.29, 0.717) is 0 Å². The molecule has 0 aliphatic heterocycles. The van der Waals surface area contributed by atoms with Crippen LogP contribution in [-0.4, -0.2) is 0 Å². The van der Waals surface area contributed by atoms with Crippen molar-refractivity contribution in [3.63, 3.8) is 0 Å². The van der Waals surface area contributed by atoms with E-state index in [4.69, 9.17) is 4.42 Å². The molecule has 0 spiro atoms. The van der Waals surface area contributed by atoms with Gasteiger partial charge in [0.25, 0.3) is 0 Å². The van der Waals surface area contributed by atoms with Crippen molar-refractivity contribution >= 4 is 60.5 Å². The van der Waals surface area contributed by atoms with Crippen molar-refractivity contribution < 1.29 is 4.42 Å².